The first-order valence-corrected chi connectivity index (χ1v) is 8.37. The fourth-order valence-corrected chi connectivity index (χ4v) is 2.77. The van der Waals surface area contributed by atoms with Gasteiger partial charge in [0.1, 0.15) is 0 Å². The van der Waals surface area contributed by atoms with Crippen LogP contribution in [-0.4, -0.2) is 29.1 Å². The Balaban J connectivity index is 2.28. The van der Waals surface area contributed by atoms with Crippen molar-refractivity contribution in [1.29, 1.82) is 0 Å². The first-order chi connectivity index (χ1) is 12.1. The number of hydrogen-bond donors (Lipinski definition) is 1. The van der Waals surface area contributed by atoms with Crippen LogP contribution in [0.3, 0.4) is 0 Å². The summed E-state index contributed by atoms with van der Waals surface area (Å²) in [6.45, 7) is 4.45. The average Bonchev–Trinajstić information content (AvgIpc) is 3.10. The Hall–Kier alpha value is -2.66. The molecule has 0 saturated carbocycles. The molecule has 5 nitrogen and oxygen atoms in total. The minimum Gasteiger partial charge on any atom is -0.503 e. The van der Waals surface area contributed by atoms with Crippen LogP contribution in [0.2, 0.25) is 5.02 Å². The molecule has 0 amide bonds. The third kappa shape index (κ3) is 3.56. The van der Waals surface area contributed by atoms with Crippen molar-refractivity contribution in [3.05, 3.63) is 46.5 Å². The van der Waals surface area contributed by atoms with Gasteiger partial charge in [0, 0.05) is 35.9 Å². The molecular weight excluding hydrogens is 338 g/mol. The minimum absolute atomic E-state index is 0.0751. The first kappa shape index (κ1) is 17.2. The van der Waals surface area contributed by atoms with Gasteiger partial charge in [0.15, 0.2) is 17.3 Å². The summed E-state index contributed by atoms with van der Waals surface area (Å²) in [5.41, 5.74) is 3.36. The van der Waals surface area contributed by atoms with Crippen LogP contribution in [-0.2, 0) is 0 Å². The number of pyridine rings is 1. The fraction of sp³-hybridized carbons (Fsp3) is 0.211. The zero-order chi connectivity index (χ0) is 17.8. The second-order valence-electron chi connectivity index (χ2n) is 5.60. The molecule has 1 aliphatic rings. The fourth-order valence-electron chi connectivity index (χ4n) is 2.56. The number of ether oxygens (including phenoxy) is 1. The van der Waals surface area contributed by atoms with Crippen molar-refractivity contribution in [2.45, 2.75) is 20.3 Å². The molecule has 6 heteroatoms. The van der Waals surface area contributed by atoms with Crippen molar-refractivity contribution in [2.75, 3.05) is 6.61 Å². The van der Waals surface area contributed by atoms with Crippen molar-refractivity contribution in [3.8, 4) is 22.6 Å². The second-order valence-corrected chi connectivity index (χ2v) is 6.01. The van der Waals surface area contributed by atoms with Crippen LogP contribution in [0.25, 0.3) is 17.2 Å². The second kappa shape index (κ2) is 7.49. The predicted molar refractivity (Wildman–Crippen MR) is 102 cm³/mol. The number of rotatable bonds is 5. The maximum absolute atomic E-state index is 10.5. The van der Waals surface area contributed by atoms with Gasteiger partial charge in [0.25, 0.3) is 0 Å². The maximum Gasteiger partial charge on any atom is 0.177 e. The molecule has 25 heavy (non-hydrogen) atoms. The summed E-state index contributed by atoms with van der Waals surface area (Å²) in [5.74, 6) is 0.836. The summed E-state index contributed by atoms with van der Waals surface area (Å²) in [5, 5.41) is 10.7. The van der Waals surface area contributed by atoms with Gasteiger partial charge in [-0.25, -0.2) is 9.98 Å². The SMILES string of the molecule is CCCOc1c(O)c(Cl)cc(C=C2N=CC=N2)c1-c1cnccc1C. The molecule has 2 heterocycles. The molecule has 2 aromatic rings. The van der Waals surface area contributed by atoms with Gasteiger partial charge in [-0.15, -0.1) is 0 Å². The Bertz CT molecular complexity index is 874. The lowest BCUT2D eigenvalue weighted by molar-refractivity contribution is 0.301. The van der Waals surface area contributed by atoms with E-state index in [1.807, 2.05) is 26.0 Å². The highest BCUT2D eigenvalue weighted by molar-refractivity contribution is 6.32. The molecule has 0 aliphatic carbocycles. The predicted octanol–water partition coefficient (Wildman–Crippen LogP) is 4.66. The monoisotopic (exact) mass is 355 g/mol. The zero-order valence-corrected chi connectivity index (χ0v) is 14.8. The molecule has 0 spiro atoms. The van der Waals surface area contributed by atoms with Gasteiger partial charge in [-0.05, 0) is 42.7 Å². The van der Waals surface area contributed by atoms with Gasteiger partial charge >= 0.3 is 0 Å². The van der Waals surface area contributed by atoms with Crippen LogP contribution < -0.4 is 4.74 Å². The largest absolute Gasteiger partial charge is 0.503 e. The number of aliphatic imine (C=N–C) groups is 2. The molecule has 1 aromatic heterocycles. The van der Waals surface area contributed by atoms with Crippen molar-refractivity contribution in [3.63, 3.8) is 0 Å². The third-order valence-corrected chi connectivity index (χ3v) is 4.05. The normalized spacial score (nSPS) is 12.7. The topological polar surface area (TPSA) is 67.1 Å². The number of phenols is 1. The highest BCUT2D eigenvalue weighted by atomic mass is 35.5. The molecule has 1 N–H and O–H groups in total. The Morgan fingerprint density at radius 1 is 1.28 bits per heavy atom. The van der Waals surface area contributed by atoms with Crippen molar-refractivity contribution < 1.29 is 9.84 Å². The summed E-state index contributed by atoms with van der Waals surface area (Å²) in [4.78, 5) is 12.6. The molecule has 1 aliphatic heterocycles. The maximum atomic E-state index is 10.5. The Kier molecular flexibility index (Phi) is 5.14. The third-order valence-electron chi connectivity index (χ3n) is 3.76. The summed E-state index contributed by atoms with van der Waals surface area (Å²) in [6, 6.07) is 3.60. The number of nitrogens with zero attached hydrogens (tertiary/aromatic N) is 3. The Morgan fingerprint density at radius 3 is 2.72 bits per heavy atom. The molecule has 0 unspecified atom stereocenters. The first-order valence-electron chi connectivity index (χ1n) is 7.99. The molecule has 0 atom stereocenters. The number of aryl methyl sites for hydroxylation is 1. The van der Waals surface area contributed by atoms with E-state index in [1.54, 1.807) is 30.9 Å². The lowest BCUT2D eigenvalue weighted by Crippen LogP contribution is -2.00. The summed E-state index contributed by atoms with van der Waals surface area (Å²) < 4.78 is 5.84. The van der Waals surface area contributed by atoms with Gasteiger partial charge in [0.2, 0.25) is 0 Å². The summed E-state index contributed by atoms with van der Waals surface area (Å²) in [7, 11) is 0. The van der Waals surface area contributed by atoms with Crippen LogP contribution in [0.15, 0.2) is 40.3 Å². The van der Waals surface area contributed by atoms with Crippen LogP contribution in [0.4, 0.5) is 0 Å². The smallest absolute Gasteiger partial charge is 0.177 e. The van der Waals surface area contributed by atoms with Gasteiger partial charge in [-0.3, -0.25) is 4.98 Å². The standard InChI is InChI=1S/C19H18ClN3O2/c1-3-8-25-19-17(14-11-21-5-4-12(14)2)13(9-15(20)18(19)24)10-16-22-6-7-23-16/h4-7,9-11,24H,3,8H2,1-2H3. The number of aromatic hydroxyl groups is 1. The Morgan fingerprint density at radius 2 is 2.04 bits per heavy atom. The van der Waals surface area contributed by atoms with Crippen LogP contribution >= 0.6 is 11.6 Å². The molecule has 1 aromatic carbocycles. The van der Waals surface area contributed by atoms with E-state index < -0.39 is 0 Å². The van der Waals surface area contributed by atoms with E-state index in [1.165, 1.54) is 0 Å². The van der Waals surface area contributed by atoms with Gasteiger partial charge < -0.3 is 9.84 Å². The zero-order valence-electron chi connectivity index (χ0n) is 14.0. The molecule has 0 bridgehead atoms. The summed E-state index contributed by atoms with van der Waals surface area (Å²) >= 11 is 6.23. The molecule has 0 fully saturated rings. The van der Waals surface area contributed by atoms with E-state index >= 15 is 0 Å². The number of hydrogen-bond acceptors (Lipinski definition) is 5. The number of benzene rings is 1. The molecule has 128 valence electrons. The highest BCUT2D eigenvalue weighted by Crippen LogP contribution is 2.46. The molecule has 3 rings (SSSR count). The Labute approximate surface area is 151 Å². The highest BCUT2D eigenvalue weighted by Gasteiger charge is 2.21. The van der Waals surface area contributed by atoms with Crippen molar-refractivity contribution in [1.82, 2.24) is 4.98 Å². The van der Waals surface area contributed by atoms with E-state index in [9.17, 15) is 5.11 Å². The average molecular weight is 356 g/mol. The van der Waals surface area contributed by atoms with E-state index in [4.69, 9.17) is 16.3 Å². The van der Waals surface area contributed by atoms with E-state index in [0.717, 1.165) is 28.7 Å². The molecular formula is C19H18ClN3O2. The summed E-state index contributed by atoms with van der Waals surface area (Å²) in [6.07, 6.45) is 9.34. The lowest BCUT2D eigenvalue weighted by atomic mass is 9.95. The van der Waals surface area contributed by atoms with Crippen molar-refractivity contribution in [2.24, 2.45) is 9.98 Å². The van der Waals surface area contributed by atoms with E-state index in [-0.39, 0.29) is 10.8 Å². The van der Waals surface area contributed by atoms with Crippen LogP contribution in [0.5, 0.6) is 11.5 Å². The van der Waals surface area contributed by atoms with Gasteiger partial charge in [-0.1, -0.05) is 18.5 Å². The van der Waals surface area contributed by atoms with Crippen molar-refractivity contribution >= 4 is 30.1 Å². The molecule has 0 saturated heterocycles. The number of phenolic OH excluding ortho intramolecular Hbond substituents is 1. The number of halogens is 1. The van der Waals surface area contributed by atoms with E-state index in [0.29, 0.717) is 18.2 Å². The van der Waals surface area contributed by atoms with Crippen LogP contribution in [0.1, 0.15) is 24.5 Å². The lowest BCUT2D eigenvalue weighted by Gasteiger charge is -2.18. The number of aromatic nitrogens is 1. The molecule has 0 radical (unpaired) electrons. The van der Waals surface area contributed by atoms with Gasteiger partial charge in [-0.2, -0.15) is 0 Å². The van der Waals surface area contributed by atoms with E-state index in [2.05, 4.69) is 15.0 Å². The van der Waals surface area contributed by atoms with Crippen LogP contribution in [0, 0.1) is 6.92 Å². The minimum atomic E-state index is -0.0751. The van der Waals surface area contributed by atoms with Gasteiger partial charge in [0.05, 0.1) is 11.6 Å². The quantitative estimate of drug-likeness (QED) is 0.848.